The third-order valence-electron chi connectivity index (χ3n) is 5.37. The molecule has 1 aliphatic rings. The maximum absolute atomic E-state index is 12.5. The van der Waals surface area contributed by atoms with Gasteiger partial charge in [-0.25, -0.2) is 0 Å². The molecule has 6 nitrogen and oxygen atoms in total. The summed E-state index contributed by atoms with van der Waals surface area (Å²) >= 11 is 0. The van der Waals surface area contributed by atoms with Crippen molar-refractivity contribution in [3.8, 4) is 0 Å². The Morgan fingerprint density at radius 2 is 2.03 bits per heavy atom. The maximum atomic E-state index is 12.5. The molecule has 0 bridgehead atoms. The molecule has 150 valence electrons. The van der Waals surface area contributed by atoms with Gasteiger partial charge in [0.15, 0.2) is 0 Å². The minimum atomic E-state index is -0.351. The first-order valence-electron chi connectivity index (χ1n) is 10.1. The van der Waals surface area contributed by atoms with Gasteiger partial charge in [-0.1, -0.05) is 18.2 Å². The number of nitrogens with one attached hydrogen (secondary N) is 4. The first kappa shape index (κ1) is 19.1. The highest BCUT2D eigenvalue weighted by molar-refractivity contribution is 5.92. The summed E-state index contributed by atoms with van der Waals surface area (Å²) in [6, 6.07) is 13.7. The third kappa shape index (κ3) is 4.42. The second-order valence-electron chi connectivity index (χ2n) is 7.54. The quantitative estimate of drug-likeness (QED) is 0.519. The van der Waals surface area contributed by atoms with E-state index in [0.717, 1.165) is 41.7 Å². The molecule has 0 aliphatic carbocycles. The van der Waals surface area contributed by atoms with E-state index in [1.807, 2.05) is 43.5 Å². The number of anilines is 2. The highest BCUT2D eigenvalue weighted by atomic mass is 16.2. The summed E-state index contributed by atoms with van der Waals surface area (Å²) in [7, 11) is 0. The van der Waals surface area contributed by atoms with Crippen molar-refractivity contribution < 1.29 is 9.59 Å². The van der Waals surface area contributed by atoms with Crippen LogP contribution in [0.2, 0.25) is 0 Å². The van der Waals surface area contributed by atoms with Gasteiger partial charge in [0.1, 0.15) is 6.04 Å². The van der Waals surface area contributed by atoms with E-state index in [4.69, 9.17) is 0 Å². The number of carbonyl (C=O) groups is 2. The van der Waals surface area contributed by atoms with Gasteiger partial charge < -0.3 is 20.9 Å². The number of amides is 2. The molecular formula is C23H26N4O2. The average molecular weight is 390 g/mol. The van der Waals surface area contributed by atoms with Crippen molar-refractivity contribution in [2.24, 2.45) is 0 Å². The van der Waals surface area contributed by atoms with E-state index in [2.05, 4.69) is 33.1 Å². The fourth-order valence-electron chi connectivity index (χ4n) is 3.79. The van der Waals surface area contributed by atoms with Gasteiger partial charge in [-0.3, -0.25) is 9.59 Å². The molecule has 2 aromatic carbocycles. The lowest BCUT2D eigenvalue weighted by Crippen LogP contribution is -2.38. The summed E-state index contributed by atoms with van der Waals surface area (Å²) in [5.74, 6) is 0.0282. The lowest BCUT2D eigenvalue weighted by Gasteiger charge is -2.17. The number of aromatic nitrogens is 1. The smallest absolute Gasteiger partial charge is 0.242 e. The summed E-state index contributed by atoms with van der Waals surface area (Å²) < 4.78 is 0. The highest BCUT2D eigenvalue weighted by Crippen LogP contribution is 2.25. The second kappa shape index (κ2) is 8.39. The Morgan fingerprint density at radius 1 is 1.17 bits per heavy atom. The zero-order chi connectivity index (χ0) is 20.2. The Balaban J connectivity index is 1.31. The molecule has 6 heteroatoms. The molecule has 0 fully saturated rings. The van der Waals surface area contributed by atoms with Gasteiger partial charge in [0.2, 0.25) is 11.8 Å². The van der Waals surface area contributed by atoms with Crippen molar-refractivity contribution in [1.82, 2.24) is 10.3 Å². The summed E-state index contributed by atoms with van der Waals surface area (Å²) in [5, 5.41) is 10.4. The van der Waals surface area contributed by atoms with Crippen LogP contribution in [0.25, 0.3) is 10.9 Å². The molecule has 0 saturated heterocycles. The summed E-state index contributed by atoms with van der Waals surface area (Å²) in [6.45, 7) is 2.44. The number of benzene rings is 2. The van der Waals surface area contributed by atoms with Gasteiger partial charge in [-0.05, 0) is 61.6 Å². The monoisotopic (exact) mass is 390 g/mol. The van der Waals surface area contributed by atoms with Gasteiger partial charge in [-0.2, -0.15) is 0 Å². The van der Waals surface area contributed by atoms with Gasteiger partial charge in [-0.15, -0.1) is 0 Å². The van der Waals surface area contributed by atoms with Crippen LogP contribution in [0.5, 0.6) is 0 Å². The van der Waals surface area contributed by atoms with Gasteiger partial charge in [0.05, 0.1) is 0 Å². The van der Waals surface area contributed by atoms with Crippen LogP contribution in [-0.4, -0.2) is 29.4 Å². The van der Waals surface area contributed by atoms with Crippen LogP contribution >= 0.6 is 0 Å². The van der Waals surface area contributed by atoms with E-state index >= 15 is 0 Å². The predicted molar refractivity (Wildman–Crippen MR) is 116 cm³/mol. The zero-order valence-electron chi connectivity index (χ0n) is 16.5. The molecule has 1 aromatic heterocycles. The molecular weight excluding hydrogens is 364 g/mol. The average Bonchev–Trinajstić information content (AvgIpc) is 3.03. The molecule has 3 aromatic rings. The van der Waals surface area contributed by atoms with Crippen LogP contribution in [0.1, 0.15) is 30.9 Å². The Labute approximate surface area is 170 Å². The van der Waals surface area contributed by atoms with Crippen molar-refractivity contribution in [2.45, 2.75) is 38.6 Å². The van der Waals surface area contributed by atoms with E-state index in [-0.39, 0.29) is 17.9 Å². The third-order valence-corrected chi connectivity index (χ3v) is 5.37. The summed E-state index contributed by atoms with van der Waals surface area (Å²) in [4.78, 5) is 27.4. The molecule has 0 saturated carbocycles. The second-order valence-corrected chi connectivity index (χ2v) is 7.54. The van der Waals surface area contributed by atoms with Gasteiger partial charge in [0, 0.05) is 41.4 Å². The molecule has 4 N–H and O–H groups in total. The Hall–Kier alpha value is -3.28. The van der Waals surface area contributed by atoms with Gasteiger partial charge in [0.25, 0.3) is 0 Å². The minimum Gasteiger partial charge on any atom is -0.374 e. The topological polar surface area (TPSA) is 86.0 Å². The molecule has 0 spiro atoms. The maximum Gasteiger partial charge on any atom is 0.242 e. The molecule has 1 aliphatic heterocycles. The highest BCUT2D eigenvalue weighted by Gasteiger charge is 2.16. The van der Waals surface area contributed by atoms with Gasteiger partial charge >= 0.3 is 0 Å². The predicted octanol–water partition coefficient (Wildman–Crippen LogP) is 3.60. The first-order chi connectivity index (χ1) is 14.1. The number of carbonyl (C=O) groups excluding carboxylic acids is 2. The van der Waals surface area contributed by atoms with E-state index in [1.165, 1.54) is 10.9 Å². The van der Waals surface area contributed by atoms with Crippen molar-refractivity contribution >= 4 is 34.1 Å². The van der Waals surface area contributed by atoms with Crippen molar-refractivity contribution in [2.75, 3.05) is 17.2 Å². The standard InChI is InChI=1S/C23H26N4O2/c1-15(26-18-9-10-20-16(13-18)5-4-8-22(28)27-20)23(29)24-12-11-17-14-25-21-7-3-2-6-19(17)21/h2-3,6-7,9-10,13-15,25-26H,4-5,8,11-12H2,1H3,(H,24,29)(H,27,28). The van der Waals surface area contributed by atoms with E-state index in [0.29, 0.717) is 13.0 Å². The molecule has 2 amide bonds. The lowest BCUT2D eigenvalue weighted by molar-refractivity contribution is -0.121. The summed E-state index contributed by atoms with van der Waals surface area (Å²) in [5.41, 5.74) is 5.18. The molecule has 2 heterocycles. The first-order valence-corrected chi connectivity index (χ1v) is 10.1. The number of fused-ring (bicyclic) bond motifs is 2. The normalized spacial score (nSPS) is 14.6. The summed E-state index contributed by atoms with van der Waals surface area (Å²) in [6.07, 6.45) is 5.03. The van der Waals surface area contributed by atoms with Crippen LogP contribution in [-0.2, 0) is 22.4 Å². The molecule has 0 radical (unpaired) electrons. The van der Waals surface area contributed by atoms with Crippen LogP contribution in [0.3, 0.4) is 0 Å². The van der Waals surface area contributed by atoms with E-state index in [9.17, 15) is 9.59 Å². The Bertz CT molecular complexity index is 1040. The molecule has 29 heavy (non-hydrogen) atoms. The lowest BCUT2D eigenvalue weighted by atomic mass is 10.1. The van der Waals surface area contributed by atoms with Crippen LogP contribution < -0.4 is 16.0 Å². The van der Waals surface area contributed by atoms with E-state index < -0.39 is 0 Å². The fourth-order valence-corrected chi connectivity index (χ4v) is 3.79. The number of hydrogen-bond acceptors (Lipinski definition) is 3. The number of hydrogen-bond donors (Lipinski definition) is 4. The number of para-hydroxylation sites is 1. The minimum absolute atomic E-state index is 0.0342. The molecule has 1 atom stereocenters. The zero-order valence-corrected chi connectivity index (χ0v) is 16.5. The number of aromatic amines is 1. The Morgan fingerprint density at radius 3 is 2.93 bits per heavy atom. The van der Waals surface area contributed by atoms with Crippen molar-refractivity contribution in [1.29, 1.82) is 0 Å². The molecule has 1 unspecified atom stereocenters. The number of aryl methyl sites for hydroxylation is 1. The Kier molecular flexibility index (Phi) is 5.51. The molecule has 4 rings (SSSR count). The number of rotatable bonds is 6. The number of H-pyrrole nitrogens is 1. The SMILES string of the molecule is CC(Nc1ccc2c(c1)CCCC(=O)N2)C(=O)NCCc1c[nH]c2ccccc12. The van der Waals surface area contributed by atoms with Crippen molar-refractivity contribution in [3.05, 3.63) is 59.8 Å². The van der Waals surface area contributed by atoms with E-state index in [1.54, 1.807) is 0 Å². The van der Waals surface area contributed by atoms with Crippen LogP contribution in [0.15, 0.2) is 48.7 Å². The van der Waals surface area contributed by atoms with Crippen molar-refractivity contribution in [3.63, 3.8) is 0 Å². The largest absolute Gasteiger partial charge is 0.374 e. The fraction of sp³-hybridized carbons (Fsp3) is 0.304. The van der Waals surface area contributed by atoms with Crippen LogP contribution in [0.4, 0.5) is 11.4 Å². The van der Waals surface area contributed by atoms with Crippen LogP contribution in [0, 0.1) is 0 Å².